The predicted octanol–water partition coefficient (Wildman–Crippen LogP) is 4.02. The van der Waals surface area contributed by atoms with Gasteiger partial charge in [0.05, 0.1) is 4.88 Å². The first kappa shape index (κ1) is 13.8. The number of anilines is 1. The molecule has 0 unspecified atom stereocenters. The fraction of sp³-hybridized carbons (Fsp3) is 0.0556. The minimum atomic E-state index is -0.00654. The highest BCUT2D eigenvalue weighted by atomic mass is 32.1. The molecule has 1 aliphatic rings. The van der Waals surface area contributed by atoms with Crippen molar-refractivity contribution in [1.82, 2.24) is 4.98 Å². The van der Waals surface area contributed by atoms with E-state index in [1.165, 1.54) is 11.3 Å². The van der Waals surface area contributed by atoms with E-state index >= 15 is 0 Å². The van der Waals surface area contributed by atoms with Gasteiger partial charge < -0.3 is 0 Å². The topological polar surface area (TPSA) is 54.4 Å². The highest BCUT2D eigenvalue weighted by Gasteiger charge is 2.25. The zero-order valence-electron chi connectivity index (χ0n) is 12.2. The molecular weight excluding hydrogens is 306 g/mol. The van der Waals surface area contributed by atoms with Crippen molar-refractivity contribution in [1.29, 1.82) is 0 Å². The van der Waals surface area contributed by atoms with E-state index in [4.69, 9.17) is 0 Å². The molecule has 0 fully saturated rings. The van der Waals surface area contributed by atoms with Crippen molar-refractivity contribution in [2.24, 2.45) is 5.10 Å². The minimum absolute atomic E-state index is 0.00654. The van der Waals surface area contributed by atoms with Crippen LogP contribution in [-0.4, -0.2) is 16.5 Å². The van der Waals surface area contributed by atoms with Gasteiger partial charge in [-0.1, -0.05) is 65.9 Å². The number of nitrogens with zero attached hydrogens (tertiary/aromatic N) is 2. The van der Waals surface area contributed by atoms with E-state index in [-0.39, 0.29) is 5.78 Å². The summed E-state index contributed by atoms with van der Waals surface area (Å²) in [5, 5.41) is 4.94. The molecule has 0 atom stereocenters. The van der Waals surface area contributed by atoms with Crippen molar-refractivity contribution < 1.29 is 4.79 Å². The van der Waals surface area contributed by atoms with Gasteiger partial charge >= 0.3 is 0 Å². The van der Waals surface area contributed by atoms with Crippen LogP contribution in [0.1, 0.15) is 15.9 Å². The maximum absolute atomic E-state index is 12.3. The van der Waals surface area contributed by atoms with Crippen LogP contribution in [0.15, 0.2) is 65.9 Å². The largest absolute Gasteiger partial charge is 0.287 e. The van der Waals surface area contributed by atoms with Crippen molar-refractivity contribution in [3.8, 4) is 10.4 Å². The van der Waals surface area contributed by atoms with Gasteiger partial charge in [0.25, 0.3) is 0 Å². The molecule has 0 radical (unpaired) electrons. The highest BCUT2D eigenvalue weighted by Crippen LogP contribution is 2.29. The third kappa shape index (κ3) is 2.66. The lowest BCUT2D eigenvalue weighted by molar-refractivity contribution is 0.106. The number of carbonyl (C=O) groups excluding carboxylic acids is 1. The Kier molecular flexibility index (Phi) is 3.48. The van der Waals surface area contributed by atoms with Crippen LogP contribution in [-0.2, 0) is 6.42 Å². The number of hydrazone groups is 1. The Hall–Kier alpha value is -2.79. The molecule has 0 bridgehead atoms. The molecule has 1 heterocycles. The number of Topliss-reactive ketones (excluding diaryl/α,β-unsaturated/α-hetero) is 1. The Morgan fingerprint density at radius 3 is 2.65 bits per heavy atom. The highest BCUT2D eigenvalue weighted by molar-refractivity contribution is 7.18. The Morgan fingerprint density at radius 2 is 1.83 bits per heavy atom. The number of hydrogen-bond donors (Lipinski definition) is 1. The Labute approximate surface area is 137 Å². The Balaban J connectivity index is 1.52. The third-order valence-electron chi connectivity index (χ3n) is 3.73. The Morgan fingerprint density at radius 1 is 1.04 bits per heavy atom. The van der Waals surface area contributed by atoms with E-state index in [0.717, 1.165) is 21.6 Å². The van der Waals surface area contributed by atoms with E-state index in [1.807, 2.05) is 60.8 Å². The monoisotopic (exact) mass is 319 g/mol. The lowest BCUT2D eigenvalue weighted by Gasteiger charge is -1.96. The van der Waals surface area contributed by atoms with Gasteiger partial charge in [-0.05, 0) is 11.1 Å². The average molecular weight is 319 g/mol. The van der Waals surface area contributed by atoms with Crippen molar-refractivity contribution in [3.05, 3.63) is 71.9 Å². The fourth-order valence-corrected chi connectivity index (χ4v) is 3.34. The summed E-state index contributed by atoms with van der Waals surface area (Å²) in [4.78, 5) is 17.6. The van der Waals surface area contributed by atoms with E-state index in [2.05, 4.69) is 15.5 Å². The van der Waals surface area contributed by atoms with E-state index in [0.29, 0.717) is 17.3 Å². The number of hydrogen-bond acceptors (Lipinski definition) is 5. The fourth-order valence-electron chi connectivity index (χ4n) is 2.58. The number of nitrogens with one attached hydrogen (secondary N) is 1. The SMILES string of the molecule is O=C1/C(=N\Nc2ncc(-c3ccccc3)s2)Cc2ccccc21. The third-order valence-corrected chi connectivity index (χ3v) is 4.68. The summed E-state index contributed by atoms with van der Waals surface area (Å²) in [6.45, 7) is 0. The zero-order chi connectivity index (χ0) is 15.6. The van der Waals surface area contributed by atoms with E-state index in [1.54, 1.807) is 0 Å². The second-order valence-electron chi connectivity index (χ2n) is 5.23. The smallest absolute Gasteiger partial charge is 0.209 e. The van der Waals surface area contributed by atoms with E-state index in [9.17, 15) is 4.79 Å². The summed E-state index contributed by atoms with van der Waals surface area (Å²) in [7, 11) is 0. The average Bonchev–Trinajstić information content (AvgIpc) is 3.19. The summed E-state index contributed by atoms with van der Waals surface area (Å²) >= 11 is 1.51. The van der Waals surface area contributed by atoms with Gasteiger partial charge in [-0.2, -0.15) is 5.10 Å². The van der Waals surface area contributed by atoms with Gasteiger partial charge in [-0.3, -0.25) is 10.2 Å². The molecule has 4 nitrogen and oxygen atoms in total. The molecule has 1 aliphatic carbocycles. The number of ketones is 1. The predicted molar refractivity (Wildman–Crippen MR) is 93.1 cm³/mol. The number of rotatable bonds is 3. The van der Waals surface area contributed by atoms with Crippen LogP contribution in [0.5, 0.6) is 0 Å². The van der Waals surface area contributed by atoms with Crippen molar-refractivity contribution in [2.45, 2.75) is 6.42 Å². The second-order valence-corrected chi connectivity index (χ2v) is 6.26. The van der Waals surface area contributed by atoms with Gasteiger partial charge in [-0.25, -0.2) is 4.98 Å². The molecule has 5 heteroatoms. The maximum Gasteiger partial charge on any atom is 0.209 e. The van der Waals surface area contributed by atoms with Crippen LogP contribution in [0.25, 0.3) is 10.4 Å². The summed E-state index contributed by atoms with van der Waals surface area (Å²) < 4.78 is 0. The molecule has 0 aliphatic heterocycles. The number of carbonyl (C=O) groups is 1. The molecule has 112 valence electrons. The lowest BCUT2D eigenvalue weighted by atomic mass is 10.1. The molecule has 3 aromatic rings. The summed E-state index contributed by atoms with van der Waals surface area (Å²) in [6.07, 6.45) is 2.38. The quantitative estimate of drug-likeness (QED) is 0.742. The number of thiazole rings is 1. The summed E-state index contributed by atoms with van der Waals surface area (Å²) in [6, 6.07) is 17.7. The summed E-state index contributed by atoms with van der Waals surface area (Å²) in [5.41, 5.74) is 6.34. The van der Waals surface area contributed by atoms with Gasteiger partial charge in [0, 0.05) is 18.2 Å². The molecule has 1 aromatic heterocycles. The van der Waals surface area contributed by atoms with Crippen LogP contribution in [0.4, 0.5) is 5.13 Å². The molecule has 2 aromatic carbocycles. The van der Waals surface area contributed by atoms with Gasteiger partial charge in [-0.15, -0.1) is 0 Å². The molecular formula is C18H13N3OS. The molecule has 0 spiro atoms. The van der Waals surface area contributed by atoms with Crippen LogP contribution in [0.3, 0.4) is 0 Å². The molecule has 4 rings (SSSR count). The first-order valence-corrected chi connectivity index (χ1v) is 8.09. The normalized spacial score (nSPS) is 15.0. The minimum Gasteiger partial charge on any atom is -0.287 e. The van der Waals surface area contributed by atoms with Gasteiger partial charge in [0.1, 0.15) is 5.71 Å². The lowest BCUT2D eigenvalue weighted by Crippen LogP contribution is -2.09. The maximum atomic E-state index is 12.3. The van der Waals surface area contributed by atoms with Gasteiger partial charge in [0.2, 0.25) is 10.9 Å². The van der Waals surface area contributed by atoms with Crippen LogP contribution < -0.4 is 5.43 Å². The van der Waals surface area contributed by atoms with Crippen molar-refractivity contribution >= 4 is 28.0 Å². The molecule has 0 amide bonds. The number of benzene rings is 2. The number of aromatic nitrogens is 1. The first-order chi connectivity index (χ1) is 11.3. The van der Waals surface area contributed by atoms with E-state index < -0.39 is 0 Å². The Bertz CT molecular complexity index is 899. The molecule has 0 saturated carbocycles. The second kappa shape index (κ2) is 5.78. The van der Waals surface area contributed by atoms with Crippen LogP contribution in [0.2, 0.25) is 0 Å². The zero-order valence-corrected chi connectivity index (χ0v) is 13.0. The standard InChI is InChI=1S/C18H13N3OS/c22-17-14-9-5-4-8-13(14)10-15(17)20-21-18-19-11-16(23-18)12-6-2-1-3-7-12/h1-9,11H,10H2,(H,19,21)/b20-15-. The van der Waals surface area contributed by atoms with Crippen molar-refractivity contribution in [2.75, 3.05) is 5.43 Å². The summed E-state index contributed by atoms with van der Waals surface area (Å²) in [5.74, 6) is -0.00654. The van der Waals surface area contributed by atoms with Gasteiger partial charge in [0.15, 0.2) is 0 Å². The molecule has 1 N–H and O–H groups in total. The first-order valence-electron chi connectivity index (χ1n) is 7.28. The number of fused-ring (bicyclic) bond motifs is 1. The molecule has 0 saturated heterocycles. The molecule has 23 heavy (non-hydrogen) atoms. The van der Waals surface area contributed by atoms with Crippen molar-refractivity contribution in [3.63, 3.8) is 0 Å². The van der Waals surface area contributed by atoms with Crippen LogP contribution >= 0.6 is 11.3 Å². The van der Waals surface area contributed by atoms with Crippen LogP contribution in [0, 0.1) is 0 Å².